The number of alkyl halides is 1. The van der Waals surface area contributed by atoms with Crippen LogP contribution < -0.4 is 9.15 Å². The van der Waals surface area contributed by atoms with Crippen LogP contribution in [0, 0.1) is 0 Å². The Balaban J connectivity index is 2.01. The predicted molar refractivity (Wildman–Crippen MR) is 120 cm³/mol. The first-order valence-electron chi connectivity index (χ1n) is 9.16. The normalized spacial score (nSPS) is 14.1. The van der Waals surface area contributed by atoms with Gasteiger partial charge in [-0.1, -0.05) is 52.3 Å². The monoisotopic (exact) mass is 496 g/mol. The Morgan fingerprint density at radius 1 is 1.24 bits per heavy atom. The lowest BCUT2D eigenvalue weighted by molar-refractivity contribution is 0.438. The molecular formula is C20H23BrNO5SSi-. The molecule has 0 aliphatic carbocycles. The van der Waals surface area contributed by atoms with Gasteiger partial charge in [-0.15, -0.1) is 0 Å². The van der Waals surface area contributed by atoms with Crippen LogP contribution in [0.15, 0.2) is 46.9 Å². The average Bonchev–Trinajstić information content (AvgIpc) is 2.96. The second-order valence-corrected chi connectivity index (χ2v) is 13.9. The highest BCUT2D eigenvalue weighted by atomic mass is 79.9. The molecule has 2 unspecified atom stereocenters. The second kappa shape index (κ2) is 9.01. The van der Waals surface area contributed by atoms with Gasteiger partial charge in [-0.3, -0.25) is 4.21 Å². The molecular weight excluding hydrogens is 474 g/mol. The van der Waals surface area contributed by atoms with Crippen molar-refractivity contribution in [1.29, 1.82) is 0 Å². The van der Waals surface area contributed by atoms with Gasteiger partial charge in [-0.2, -0.15) is 0 Å². The number of hydrogen-bond donors (Lipinski definition) is 2. The van der Waals surface area contributed by atoms with Crippen molar-refractivity contribution in [1.82, 2.24) is 4.72 Å². The number of halogens is 1. The summed E-state index contributed by atoms with van der Waals surface area (Å²) in [5, 5.41) is 13.1. The summed E-state index contributed by atoms with van der Waals surface area (Å²) in [5.41, 5.74) is 0.742. The van der Waals surface area contributed by atoms with Crippen molar-refractivity contribution in [2.75, 3.05) is 6.54 Å². The fraction of sp³-hybridized carbons (Fsp3) is 0.300. The summed E-state index contributed by atoms with van der Waals surface area (Å²) in [6.45, 7) is 6.28. The highest BCUT2D eigenvalue weighted by Crippen LogP contribution is 2.49. The molecule has 0 saturated heterocycles. The van der Waals surface area contributed by atoms with E-state index in [9.17, 15) is 13.9 Å². The quantitative estimate of drug-likeness (QED) is 0.253. The molecule has 2 atom stereocenters. The molecule has 1 aromatic heterocycles. The third-order valence-corrected chi connectivity index (χ3v) is 6.32. The Hall–Kier alpha value is -1.65. The van der Waals surface area contributed by atoms with Crippen LogP contribution in [0.4, 0.5) is 0 Å². The van der Waals surface area contributed by atoms with Gasteiger partial charge in [-0.25, -0.2) is 4.72 Å². The van der Waals surface area contributed by atoms with Crippen LogP contribution in [0.25, 0.3) is 22.1 Å². The van der Waals surface area contributed by atoms with Gasteiger partial charge in [0.25, 0.3) is 0 Å². The van der Waals surface area contributed by atoms with Crippen LogP contribution in [-0.4, -0.2) is 28.7 Å². The maximum absolute atomic E-state index is 10.9. The molecule has 0 saturated carbocycles. The lowest BCUT2D eigenvalue weighted by atomic mass is 10.1. The molecule has 2 N–H and O–H groups in total. The number of hydrogen-bond acceptors (Lipinski definition) is 5. The largest absolute Gasteiger partial charge is 0.760 e. The van der Waals surface area contributed by atoms with Crippen molar-refractivity contribution in [3.05, 3.63) is 48.2 Å². The maximum atomic E-state index is 10.9. The van der Waals surface area contributed by atoms with E-state index in [4.69, 9.17) is 8.84 Å². The first-order chi connectivity index (χ1) is 13.7. The van der Waals surface area contributed by atoms with Gasteiger partial charge >= 0.3 is 0 Å². The van der Waals surface area contributed by atoms with Gasteiger partial charge in [0, 0.05) is 23.4 Å². The fourth-order valence-corrected chi connectivity index (χ4v) is 4.59. The molecule has 3 aromatic rings. The topological polar surface area (TPSA) is 94.8 Å². The molecule has 156 valence electrons. The Kier molecular flexibility index (Phi) is 6.85. The van der Waals surface area contributed by atoms with E-state index in [0.717, 1.165) is 16.3 Å². The van der Waals surface area contributed by atoms with Crippen molar-refractivity contribution >= 4 is 46.3 Å². The van der Waals surface area contributed by atoms with Gasteiger partial charge in [0.2, 0.25) is 14.1 Å². The third-order valence-electron chi connectivity index (χ3n) is 4.19. The van der Waals surface area contributed by atoms with Gasteiger partial charge in [0.1, 0.15) is 0 Å². The minimum absolute atomic E-state index is 0.0393. The number of benzene rings is 2. The smallest absolute Gasteiger partial charge is 0.242 e. The molecule has 29 heavy (non-hydrogen) atoms. The summed E-state index contributed by atoms with van der Waals surface area (Å²) in [4.78, 5) is -0.329. The van der Waals surface area contributed by atoms with E-state index in [-0.39, 0.29) is 17.1 Å². The van der Waals surface area contributed by atoms with E-state index in [2.05, 4.69) is 20.7 Å². The maximum Gasteiger partial charge on any atom is 0.242 e. The third kappa shape index (κ3) is 5.49. The van der Waals surface area contributed by atoms with Crippen LogP contribution in [0.2, 0.25) is 19.6 Å². The Morgan fingerprint density at radius 2 is 1.93 bits per heavy atom. The average molecular weight is 497 g/mol. The molecule has 6 nitrogen and oxygen atoms in total. The first-order valence-corrected chi connectivity index (χ1v) is 14.6. The van der Waals surface area contributed by atoms with Gasteiger partial charge < -0.3 is 18.5 Å². The summed E-state index contributed by atoms with van der Waals surface area (Å²) >= 11 is 1.22. The Morgan fingerprint density at radius 3 is 2.59 bits per heavy atom. The molecule has 1 heterocycles. The minimum atomic E-state index is -2.33. The number of aromatic hydroxyl groups is 1. The summed E-state index contributed by atoms with van der Waals surface area (Å²) in [6.07, 6.45) is 0.431. The molecule has 0 aliphatic rings. The number of nitrogens with one attached hydrogen (secondary N) is 1. The fourth-order valence-electron chi connectivity index (χ4n) is 2.96. The lowest BCUT2D eigenvalue weighted by Crippen LogP contribution is -2.29. The van der Waals surface area contributed by atoms with Crippen molar-refractivity contribution in [2.45, 2.75) is 30.9 Å². The SMILES string of the molecule is C[Si](C)(C)Oc1c(C(Br)CCNS(=O)[O-])oc(-c2ccc3ccccc3c2)c1O. The lowest BCUT2D eigenvalue weighted by Gasteiger charge is -2.20. The van der Waals surface area contributed by atoms with E-state index < -0.39 is 19.6 Å². The molecule has 0 bridgehead atoms. The predicted octanol–water partition coefficient (Wildman–Crippen LogP) is 5.23. The molecule has 3 rings (SSSR count). The van der Waals surface area contributed by atoms with Gasteiger partial charge in [0.05, 0.1) is 4.83 Å². The molecule has 0 radical (unpaired) electrons. The second-order valence-electron chi connectivity index (χ2n) is 7.63. The zero-order valence-corrected chi connectivity index (χ0v) is 19.8. The number of rotatable bonds is 8. The molecule has 0 spiro atoms. The van der Waals surface area contributed by atoms with E-state index in [1.807, 2.05) is 62.1 Å². The van der Waals surface area contributed by atoms with Crippen molar-refractivity contribution < 1.29 is 22.7 Å². The van der Waals surface area contributed by atoms with Crippen LogP contribution in [0.1, 0.15) is 17.0 Å². The highest BCUT2D eigenvalue weighted by Gasteiger charge is 2.30. The number of fused-ring (bicyclic) bond motifs is 1. The standard InChI is InChI=1S/C20H24BrNO5SSi/c1-29(2,3)27-20-17(23)18(26-19(20)16(21)10-11-22-28(24)25)15-9-8-13-6-4-5-7-14(13)12-15/h4-9,12,16,22-23H,10-11H2,1-3H3,(H,24,25)/p-1. The first kappa shape index (κ1) is 22.0. The van der Waals surface area contributed by atoms with Gasteiger partial charge in [-0.05, 0) is 42.9 Å². The minimum Gasteiger partial charge on any atom is -0.760 e. The zero-order chi connectivity index (χ0) is 21.2. The van der Waals surface area contributed by atoms with E-state index in [0.29, 0.717) is 23.7 Å². The van der Waals surface area contributed by atoms with E-state index in [1.54, 1.807) is 0 Å². The highest BCUT2D eigenvalue weighted by molar-refractivity contribution is 9.09. The molecule has 2 aromatic carbocycles. The molecule has 9 heteroatoms. The van der Waals surface area contributed by atoms with E-state index >= 15 is 0 Å². The van der Waals surface area contributed by atoms with Gasteiger partial charge in [0.15, 0.2) is 17.3 Å². The van der Waals surface area contributed by atoms with Crippen LogP contribution in [0.5, 0.6) is 11.5 Å². The Bertz CT molecular complexity index is 1030. The molecule has 0 amide bonds. The summed E-state index contributed by atoms with van der Waals surface area (Å²) < 4.78 is 36.0. The van der Waals surface area contributed by atoms with Crippen LogP contribution in [-0.2, 0) is 11.3 Å². The Labute approximate surface area is 181 Å². The molecule has 0 fully saturated rings. The van der Waals surface area contributed by atoms with Crippen molar-refractivity contribution in [2.24, 2.45) is 0 Å². The van der Waals surface area contributed by atoms with Crippen molar-refractivity contribution in [3.8, 4) is 22.8 Å². The summed E-state index contributed by atoms with van der Waals surface area (Å²) in [6, 6.07) is 13.8. The van der Waals surface area contributed by atoms with Crippen LogP contribution in [0.3, 0.4) is 0 Å². The zero-order valence-electron chi connectivity index (χ0n) is 16.4. The van der Waals surface area contributed by atoms with Crippen LogP contribution >= 0.6 is 15.9 Å². The van der Waals surface area contributed by atoms with Crippen molar-refractivity contribution in [3.63, 3.8) is 0 Å². The van der Waals surface area contributed by atoms with E-state index in [1.165, 1.54) is 0 Å². The summed E-state index contributed by atoms with van der Waals surface area (Å²) in [7, 11) is -2.04. The molecule has 0 aliphatic heterocycles. The summed E-state index contributed by atoms with van der Waals surface area (Å²) in [5.74, 6) is 1.07. The number of furan rings is 1.